The van der Waals surface area contributed by atoms with Gasteiger partial charge in [-0.3, -0.25) is 0 Å². The lowest BCUT2D eigenvalue weighted by molar-refractivity contribution is 1.02. The van der Waals surface area contributed by atoms with Crippen molar-refractivity contribution in [2.45, 2.75) is 12.8 Å². The minimum absolute atomic E-state index is 1.10. The third-order valence-electron chi connectivity index (χ3n) is 6.75. The molecule has 7 rings (SSSR count). The van der Waals surface area contributed by atoms with Crippen molar-refractivity contribution in [3.8, 4) is 16.8 Å². The van der Waals surface area contributed by atoms with Crippen LogP contribution in [0.3, 0.4) is 0 Å². The van der Waals surface area contributed by atoms with E-state index in [1.165, 1.54) is 60.1 Å². The molecule has 1 aliphatic rings. The lowest BCUT2D eigenvalue weighted by atomic mass is 10.0. The standard InChI is InChI=1S/C30H22N2/c1-2-8-22(9-3-1)32-29-13-7-5-11-25(29)26-18-20(15-17-30(26)32)21-14-16-24-23-10-4-6-12-27(23)31-28(24)19-21/h1-4,6,8-19,31H,5,7H2. The first-order chi connectivity index (χ1) is 15.9. The first-order valence-corrected chi connectivity index (χ1v) is 11.3. The van der Waals surface area contributed by atoms with Crippen LogP contribution in [0.4, 0.5) is 0 Å². The molecule has 32 heavy (non-hydrogen) atoms. The summed E-state index contributed by atoms with van der Waals surface area (Å²) in [6.07, 6.45) is 6.99. The molecule has 4 aromatic carbocycles. The summed E-state index contributed by atoms with van der Waals surface area (Å²) in [5, 5.41) is 6.57. The molecule has 2 heterocycles. The van der Waals surface area contributed by atoms with E-state index in [4.69, 9.17) is 0 Å². The van der Waals surface area contributed by atoms with Crippen molar-refractivity contribution in [3.05, 3.63) is 102 Å². The molecule has 1 aliphatic carbocycles. The zero-order valence-electron chi connectivity index (χ0n) is 17.7. The van der Waals surface area contributed by atoms with Gasteiger partial charge in [0.05, 0.1) is 5.52 Å². The fourth-order valence-corrected chi connectivity index (χ4v) is 5.27. The molecule has 152 valence electrons. The van der Waals surface area contributed by atoms with E-state index < -0.39 is 0 Å². The van der Waals surface area contributed by atoms with E-state index in [1.807, 2.05) is 0 Å². The van der Waals surface area contributed by atoms with E-state index in [0.29, 0.717) is 0 Å². The van der Waals surface area contributed by atoms with Crippen LogP contribution in [0.2, 0.25) is 0 Å². The van der Waals surface area contributed by atoms with Gasteiger partial charge < -0.3 is 9.55 Å². The second-order valence-corrected chi connectivity index (χ2v) is 8.62. The SMILES string of the molecule is C1=c2c(n(-c3ccccc3)c3ccc(-c4ccc5c(c4)[nH]c4ccccc45)cc23)=CCC1. The lowest BCUT2D eigenvalue weighted by Gasteiger charge is -2.08. The number of hydrogen-bond donors (Lipinski definition) is 1. The van der Waals surface area contributed by atoms with Crippen LogP contribution in [0.25, 0.3) is 61.7 Å². The van der Waals surface area contributed by atoms with Gasteiger partial charge in [-0.2, -0.15) is 0 Å². The third kappa shape index (κ3) is 2.53. The van der Waals surface area contributed by atoms with Gasteiger partial charge in [-0.1, -0.05) is 66.7 Å². The Balaban J connectivity index is 1.47. The molecule has 0 bridgehead atoms. The van der Waals surface area contributed by atoms with Crippen molar-refractivity contribution in [1.82, 2.24) is 9.55 Å². The Morgan fingerprint density at radius 2 is 1.34 bits per heavy atom. The molecule has 0 saturated carbocycles. The summed E-state index contributed by atoms with van der Waals surface area (Å²) in [7, 11) is 0. The highest BCUT2D eigenvalue weighted by Gasteiger charge is 2.13. The number of aromatic amines is 1. The molecule has 1 N–H and O–H groups in total. The van der Waals surface area contributed by atoms with Gasteiger partial charge in [0, 0.05) is 43.4 Å². The van der Waals surface area contributed by atoms with Crippen molar-refractivity contribution in [3.63, 3.8) is 0 Å². The average Bonchev–Trinajstić information content (AvgIpc) is 3.39. The van der Waals surface area contributed by atoms with Crippen molar-refractivity contribution >= 4 is 44.9 Å². The second-order valence-electron chi connectivity index (χ2n) is 8.62. The molecular weight excluding hydrogens is 388 g/mol. The maximum Gasteiger partial charge on any atom is 0.0541 e. The molecule has 0 saturated heterocycles. The Morgan fingerprint density at radius 1 is 0.594 bits per heavy atom. The van der Waals surface area contributed by atoms with E-state index in [0.717, 1.165) is 12.8 Å². The minimum atomic E-state index is 1.10. The van der Waals surface area contributed by atoms with E-state index in [2.05, 4.69) is 113 Å². The van der Waals surface area contributed by atoms with Crippen LogP contribution in [0.1, 0.15) is 12.8 Å². The largest absolute Gasteiger partial charge is 0.354 e. The number of nitrogens with zero attached hydrogens (tertiary/aromatic N) is 1. The summed E-state index contributed by atoms with van der Waals surface area (Å²) in [4.78, 5) is 3.59. The Hall–Kier alpha value is -4.04. The molecule has 0 fully saturated rings. The van der Waals surface area contributed by atoms with Crippen molar-refractivity contribution < 1.29 is 0 Å². The Labute approximate surface area is 185 Å². The van der Waals surface area contributed by atoms with E-state index in [-0.39, 0.29) is 0 Å². The summed E-state index contributed by atoms with van der Waals surface area (Å²) < 4.78 is 2.41. The highest BCUT2D eigenvalue weighted by atomic mass is 15.0. The number of para-hydroxylation sites is 2. The number of fused-ring (bicyclic) bond motifs is 6. The second kappa shape index (κ2) is 6.73. The lowest BCUT2D eigenvalue weighted by Crippen LogP contribution is -2.30. The third-order valence-corrected chi connectivity index (χ3v) is 6.75. The van der Waals surface area contributed by atoms with Crippen LogP contribution in [0, 0.1) is 0 Å². The van der Waals surface area contributed by atoms with Crippen LogP contribution >= 0.6 is 0 Å². The first-order valence-electron chi connectivity index (χ1n) is 11.3. The van der Waals surface area contributed by atoms with Gasteiger partial charge in [0.25, 0.3) is 0 Å². The first kappa shape index (κ1) is 17.6. The maximum atomic E-state index is 3.59. The fraction of sp³-hybridized carbons (Fsp3) is 0.0667. The summed E-state index contributed by atoms with van der Waals surface area (Å²) in [5.74, 6) is 0. The average molecular weight is 411 g/mol. The molecule has 6 aromatic rings. The van der Waals surface area contributed by atoms with Crippen molar-refractivity contribution in [1.29, 1.82) is 0 Å². The summed E-state index contributed by atoms with van der Waals surface area (Å²) in [6.45, 7) is 0. The summed E-state index contributed by atoms with van der Waals surface area (Å²) in [6, 6.07) is 32.9. The number of hydrogen-bond acceptors (Lipinski definition) is 0. The zero-order valence-corrected chi connectivity index (χ0v) is 17.7. The Morgan fingerprint density at radius 3 is 2.28 bits per heavy atom. The fourth-order valence-electron chi connectivity index (χ4n) is 5.27. The highest BCUT2D eigenvalue weighted by molar-refractivity contribution is 6.08. The van der Waals surface area contributed by atoms with Gasteiger partial charge >= 0.3 is 0 Å². The van der Waals surface area contributed by atoms with Crippen LogP contribution in [0.15, 0.2) is 91.0 Å². The zero-order chi connectivity index (χ0) is 21.1. The van der Waals surface area contributed by atoms with Crippen LogP contribution in [-0.4, -0.2) is 9.55 Å². The number of nitrogens with one attached hydrogen (secondary N) is 1. The number of aromatic nitrogens is 2. The predicted molar refractivity (Wildman–Crippen MR) is 135 cm³/mol. The molecule has 2 nitrogen and oxygen atoms in total. The van der Waals surface area contributed by atoms with Crippen LogP contribution in [0.5, 0.6) is 0 Å². The normalized spacial score (nSPS) is 13.2. The Bertz CT molecular complexity index is 1760. The van der Waals surface area contributed by atoms with Gasteiger partial charge in [0.15, 0.2) is 0 Å². The van der Waals surface area contributed by atoms with E-state index in [1.54, 1.807) is 0 Å². The molecular formula is C30H22N2. The van der Waals surface area contributed by atoms with Crippen molar-refractivity contribution in [2.75, 3.05) is 0 Å². The highest BCUT2D eigenvalue weighted by Crippen LogP contribution is 2.31. The van der Waals surface area contributed by atoms with Gasteiger partial charge in [-0.25, -0.2) is 0 Å². The maximum absolute atomic E-state index is 3.59. The molecule has 0 radical (unpaired) electrons. The minimum Gasteiger partial charge on any atom is -0.354 e. The number of rotatable bonds is 2. The molecule has 0 amide bonds. The van der Waals surface area contributed by atoms with Crippen molar-refractivity contribution in [2.24, 2.45) is 0 Å². The smallest absolute Gasteiger partial charge is 0.0541 e. The van der Waals surface area contributed by atoms with Crippen LogP contribution in [-0.2, 0) is 0 Å². The quantitative estimate of drug-likeness (QED) is 0.346. The Kier molecular flexibility index (Phi) is 3.71. The van der Waals surface area contributed by atoms with E-state index >= 15 is 0 Å². The van der Waals surface area contributed by atoms with Gasteiger partial charge in [0.2, 0.25) is 0 Å². The topological polar surface area (TPSA) is 20.7 Å². The number of H-pyrrole nitrogens is 1. The summed E-state index contributed by atoms with van der Waals surface area (Å²) in [5.41, 5.74) is 7.36. The molecule has 2 aromatic heterocycles. The number of benzene rings is 4. The molecule has 2 heteroatoms. The van der Waals surface area contributed by atoms with Crippen LogP contribution < -0.4 is 10.6 Å². The van der Waals surface area contributed by atoms with Gasteiger partial charge in [-0.05, 0) is 60.4 Å². The van der Waals surface area contributed by atoms with Gasteiger partial charge in [0.1, 0.15) is 0 Å². The van der Waals surface area contributed by atoms with Gasteiger partial charge in [-0.15, -0.1) is 0 Å². The molecule has 0 unspecified atom stereocenters. The molecule has 0 atom stereocenters. The predicted octanol–water partition coefficient (Wildman–Crippen LogP) is 6.29. The summed E-state index contributed by atoms with van der Waals surface area (Å²) >= 11 is 0. The molecule has 0 aliphatic heterocycles. The monoisotopic (exact) mass is 410 g/mol. The molecule has 0 spiro atoms. The van der Waals surface area contributed by atoms with E-state index in [9.17, 15) is 0 Å².